The van der Waals surface area contributed by atoms with E-state index in [-0.39, 0.29) is 19.0 Å². The third-order valence-corrected chi connectivity index (χ3v) is 8.70. The van der Waals surface area contributed by atoms with Crippen LogP contribution in [0.25, 0.3) is 0 Å². The van der Waals surface area contributed by atoms with Crippen molar-refractivity contribution in [2.45, 2.75) is 19.1 Å². The number of Topliss-reactive ketones (excluding diaryl/α,β-unsaturated/α-hetero) is 1. The first-order chi connectivity index (χ1) is 21.7. The zero-order chi connectivity index (χ0) is 31.8. The molecular weight excluding hydrogens is 615 g/mol. The van der Waals surface area contributed by atoms with Crippen LogP contribution in [0.1, 0.15) is 17.3 Å². The van der Waals surface area contributed by atoms with E-state index in [1.165, 1.54) is 6.92 Å². The van der Waals surface area contributed by atoms with Crippen molar-refractivity contribution in [3.8, 4) is 11.5 Å². The summed E-state index contributed by atoms with van der Waals surface area (Å²) in [6.45, 7) is 9.08. The second-order valence-electron chi connectivity index (χ2n) is 11.7. The number of β-amino-alcohol motifs (C(OH)–C–C–N with tert-alkyl or cyclic N) is 2. The van der Waals surface area contributed by atoms with Gasteiger partial charge in [-0.15, -0.1) is 0 Å². The van der Waals surface area contributed by atoms with Crippen molar-refractivity contribution in [2.24, 2.45) is 0 Å². The van der Waals surface area contributed by atoms with Gasteiger partial charge in [0.05, 0.1) is 0 Å². The second kappa shape index (κ2) is 16.0. The summed E-state index contributed by atoms with van der Waals surface area (Å²) in [6.07, 6.45) is -1.46. The van der Waals surface area contributed by atoms with Crippen LogP contribution in [-0.4, -0.2) is 117 Å². The van der Waals surface area contributed by atoms with Crippen LogP contribution in [0.15, 0.2) is 66.7 Å². The molecule has 0 aliphatic carbocycles. The zero-order valence-corrected chi connectivity index (χ0v) is 27.2. The van der Waals surface area contributed by atoms with Crippen molar-refractivity contribution in [1.82, 2.24) is 9.80 Å². The van der Waals surface area contributed by atoms with Crippen molar-refractivity contribution < 1.29 is 24.5 Å². The van der Waals surface area contributed by atoms with E-state index in [0.29, 0.717) is 30.2 Å². The quantitative estimate of drug-likeness (QED) is 0.261. The molecule has 2 unspecified atom stereocenters. The highest BCUT2D eigenvalue weighted by Crippen LogP contribution is 2.30. The minimum Gasteiger partial charge on any atom is -0.490 e. The average molecular weight is 658 g/mol. The van der Waals surface area contributed by atoms with Crippen LogP contribution in [0.3, 0.4) is 0 Å². The highest BCUT2D eigenvalue weighted by atomic mass is 35.5. The normalized spacial score (nSPS) is 17.6. The van der Waals surface area contributed by atoms with Crippen molar-refractivity contribution in [3.05, 3.63) is 82.3 Å². The summed E-state index contributed by atoms with van der Waals surface area (Å²) in [4.78, 5) is 21.6. The molecule has 11 heteroatoms. The van der Waals surface area contributed by atoms with Crippen LogP contribution in [0.2, 0.25) is 10.0 Å². The molecule has 2 atom stereocenters. The lowest BCUT2D eigenvalue weighted by molar-refractivity contribution is 0.0625. The molecule has 3 aromatic carbocycles. The Morgan fingerprint density at radius 2 is 1.09 bits per heavy atom. The van der Waals surface area contributed by atoms with Crippen LogP contribution in [-0.2, 0) is 0 Å². The average Bonchev–Trinajstić information content (AvgIpc) is 3.03. The molecule has 2 saturated heterocycles. The van der Waals surface area contributed by atoms with Crippen LogP contribution in [0.4, 0.5) is 11.4 Å². The van der Waals surface area contributed by atoms with Gasteiger partial charge in [0.25, 0.3) is 0 Å². The summed E-state index contributed by atoms with van der Waals surface area (Å²) in [5, 5.41) is 22.9. The minimum atomic E-state index is -0.728. The Balaban J connectivity index is 1.06. The molecule has 2 aliphatic rings. The number of aliphatic hydroxyl groups is 2. The number of piperazine rings is 2. The molecule has 2 aliphatic heterocycles. The summed E-state index contributed by atoms with van der Waals surface area (Å²) in [5.41, 5.74) is 2.51. The fourth-order valence-corrected chi connectivity index (χ4v) is 6.26. The lowest BCUT2D eigenvalue weighted by Gasteiger charge is -2.37. The third-order valence-electron chi connectivity index (χ3n) is 8.23. The summed E-state index contributed by atoms with van der Waals surface area (Å²) in [7, 11) is 0. The number of hydrogen-bond acceptors (Lipinski definition) is 9. The van der Waals surface area contributed by atoms with E-state index in [9.17, 15) is 15.0 Å². The van der Waals surface area contributed by atoms with Crippen LogP contribution in [0, 0.1) is 0 Å². The number of ketones is 1. The number of rotatable bonds is 13. The summed E-state index contributed by atoms with van der Waals surface area (Å²) in [5.74, 6) is 0.506. The van der Waals surface area contributed by atoms with Gasteiger partial charge in [-0.2, -0.15) is 0 Å². The number of aliphatic hydroxyl groups excluding tert-OH is 2. The van der Waals surface area contributed by atoms with Crippen LogP contribution >= 0.6 is 23.2 Å². The Kier molecular flexibility index (Phi) is 11.8. The van der Waals surface area contributed by atoms with Crippen molar-refractivity contribution >= 4 is 40.4 Å². The number of carbonyl (C=O) groups is 1. The van der Waals surface area contributed by atoms with Gasteiger partial charge in [-0.3, -0.25) is 14.6 Å². The first-order valence-electron chi connectivity index (χ1n) is 15.5. The Labute approximate surface area is 275 Å². The third kappa shape index (κ3) is 9.48. The fraction of sp³-hybridized carbons (Fsp3) is 0.441. The summed E-state index contributed by atoms with van der Waals surface area (Å²) in [6, 6.07) is 20.9. The number of benzene rings is 3. The molecule has 0 radical (unpaired) electrons. The molecule has 0 amide bonds. The molecular formula is C34H42Cl2N4O5. The van der Waals surface area contributed by atoms with Gasteiger partial charge in [0.1, 0.15) is 42.5 Å². The Morgan fingerprint density at radius 3 is 1.47 bits per heavy atom. The van der Waals surface area contributed by atoms with E-state index in [2.05, 4.69) is 31.7 Å². The molecule has 5 rings (SSSR count). The van der Waals surface area contributed by atoms with Gasteiger partial charge in [-0.25, -0.2) is 0 Å². The molecule has 0 saturated carbocycles. The van der Waals surface area contributed by atoms with E-state index >= 15 is 0 Å². The van der Waals surface area contributed by atoms with Gasteiger partial charge in [0.2, 0.25) is 0 Å². The fourth-order valence-electron chi connectivity index (χ4n) is 5.89. The highest BCUT2D eigenvalue weighted by Gasteiger charge is 2.23. The first kappa shape index (κ1) is 33.3. The molecule has 2 fully saturated rings. The maximum atomic E-state index is 12.6. The number of nitrogens with zero attached hydrogens (tertiary/aromatic N) is 4. The number of hydrogen-bond donors (Lipinski definition) is 2. The Bertz CT molecular complexity index is 1320. The lowest BCUT2D eigenvalue weighted by atomic mass is 10.1. The van der Waals surface area contributed by atoms with Crippen molar-refractivity contribution in [1.29, 1.82) is 0 Å². The topological polar surface area (TPSA) is 89.0 Å². The predicted octanol–water partition coefficient (Wildman–Crippen LogP) is 4.32. The largest absolute Gasteiger partial charge is 0.490 e. The zero-order valence-electron chi connectivity index (χ0n) is 25.7. The van der Waals surface area contributed by atoms with Crippen molar-refractivity contribution in [3.63, 3.8) is 0 Å². The predicted molar refractivity (Wildman–Crippen MR) is 180 cm³/mol. The van der Waals surface area contributed by atoms with E-state index in [4.69, 9.17) is 32.7 Å². The summed E-state index contributed by atoms with van der Waals surface area (Å²) < 4.78 is 11.9. The van der Waals surface area contributed by atoms with Gasteiger partial charge in [0, 0.05) is 86.9 Å². The maximum Gasteiger partial charge on any atom is 0.167 e. The number of carbonyl (C=O) groups excluding carboxylic acids is 1. The lowest BCUT2D eigenvalue weighted by Crippen LogP contribution is -2.49. The molecule has 3 aromatic rings. The minimum absolute atomic E-state index is 0.0437. The molecule has 0 bridgehead atoms. The first-order valence-corrected chi connectivity index (χ1v) is 16.2. The van der Waals surface area contributed by atoms with Crippen molar-refractivity contribution in [2.75, 3.05) is 88.5 Å². The smallest absolute Gasteiger partial charge is 0.167 e. The molecule has 0 spiro atoms. The van der Waals surface area contributed by atoms with Crippen LogP contribution < -0.4 is 19.3 Å². The standard InChI is InChI=1S/C34H42Cl2N4O5/c1-25(41)34-32(44-23-30(42)21-37-11-15-39(16-12-37)28-7-2-5-26(35)19-28)9-4-10-33(34)45-24-31(43)22-38-13-17-40(18-14-38)29-8-3-6-27(36)20-29/h2-10,19-20,30-31,42-43H,11-18,21-24H2,1H3. The molecule has 2 N–H and O–H groups in total. The Hall–Kier alpha value is -3.05. The number of ether oxygens (including phenoxy) is 2. The monoisotopic (exact) mass is 656 g/mol. The van der Waals surface area contributed by atoms with E-state index in [0.717, 1.165) is 73.8 Å². The van der Waals surface area contributed by atoms with Crippen LogP contribution in [0.5, 0.6) is 11.5 Å². The van der Waals surface area contributed by atoms with Gasteiger partial charge >= 0.3 is 0 Å². The molecule has 0 aromatic heterocycles. The number of anilines is 2. The van der Waals surface area contributed by atoms with Gasteiger partial charge in [0.15, 0.2) is 5.78 Å². The second-order valence-corrected chi connectivity index (χ2v) is 12.5. The molecule has 2 heterocycles. The highest BCUT2D eigenvalue weighted by molar-refractivity contribution is 6.31. The maximum absolute atomic E-state index is 12.6. The van der Waals surface area contributed by atoms with E-state index < -0.39 is 12.2 Å². The van der Waals surface area contributed by atoms with E-state index in [1.54, 1.807) is 18.2 Å². The van der Waals surface area contributed by atoms with Gasteiger partial charge in [-0.05, 0) is 55.5 Å². The van der Waals surface area contributed by atoms with E-state index in [1.807, 2.05) is 36.4 Å². The molecule has 242 valence electrons. The Morgan fingerprint density at radius 1 is 0.689 bits per heavy atom. The number of halogens is 2. The summed E-state index contributed by atoms with van der Waals surface area (Å²) >= 11 is 12.3. The molecule has 9 nitrogen and oxygen atoms in total. The van der Waals surface area contributed by atoms with Gasteiger partial charge in [-0.1, -0.05) is 41.4 Å². The van der Waals surface area contributed by atoms with Gasteiger partial charge < -0.3 is 29.5 Å². The molecule has 45 heavy (non-hydrogen) atoms. The SMILES string of the molecule is CC(=O)c1c(OCC(O)CN2CCN(c3cccc(Cl)c3)CC2)cccc1OCC(O)CN1CCN(c2cccc(Cl)c2)CC1.